The van der Waals surface area contributed by atoms with Crippen LogP contribution in [0.4, 0.5) is 0 Å². The number of aryl methyl sites for hydroxylation is 1. The summed E-state index contributed by atoms with van der Waals surface area (Å²) in [6.07, 6.45) is 4.08. The molecule has 0 fully saturated rings. The van der Waals surface area contributed by atoms with Gasteiger partial charge in [0.15, 0.2) is 6.29 Å². The van der Waals surface area contributed by atoms with Crippen LogP contribution in [0.25, 0.3) is 0 Å². The molecule has 0 N–H and O–H groups in total. The molecule has 0 unspecified atom stereocenters. The van der Waals surface area contributed by atoms with Crippen molar-refractivity contribution in [1.29, 1.82) is 0 Å². The summed E-state index contributed by atoms with van der Waals surface area (Å²) in [4.78, 5) is 14.4. The molecule has 0 atom stereocenters. The number of aldehydes is 1. The summed E-state index contributed by atoms with van der Waals surface area (Å²) in [5.74, 6) is 0.336. The predicted octanol–water partition coefficient (Wildman–Crippen LogP) is 1.94. The minimum Gasteiger partial charge on any atom is -0.298 e. The third kappa shape index (κ3) is 1.57. The Balaban J connectivity index is 3.24. The fourth-order valence-corrected chi connectivity index (χ4v) is 1.12. The summed E-state index contributed by atoms with van der Waals surface area (Å²) in [5.41, 5.74) is 2.33. The van der Waals surface area contributed by atoms with E-state index in [1.54, 1.807) is 12.4 Å². The number of carbonyl (C=O) groups is 1. The first-order valence-corrected chi connectivity index (χ1v) is 3.77. The Labute approximate surface area is 70.2 Å². The Kier molecular flexibility index (Phi) is 2.60. The van der Waals surface area contributed by atoms with Gasteiger partial charge in [0.1, 0.15) is 0 Å². The second-order valence-corrected chi connectivity index (χ2v) is 2.55. The minimum atomic E-state index is 0.336. The van der Waals surface area contributed by atoms with Crippen molar-refractivity contribution in [2.45, 2.75) is 12.8 Å². The van der Waals surface area contributed by atoms with Crippen molar-refractivity contribution in [3.63, 3.8) is 0 Å². The van der Waals surface area contributed by atoms with Gasteiger partial charge in [-0.2, -0.15) is 0 Å². The summed E-state index contributed by atoms with van der Waals surface area (Å²) >= 11 is 5.58. The van der Waals surface area contributed by atoms with Crippen LogP contribution in [0.15, 0.2) is 12.4 Å². The van der Waals surface area contributed by atoms with E-state index in [4.69, 9.17) is 11.6 Å². The molecule has 1 rings (SSSR count). The largest absolute Gasteiger partial charge is 0.298 e. The number of aromatic nitrogens is 1. The second kappa shape index (κ2) is 3.49. The molecule has 58 valence electrons. The van der Waals surface area contributed by atoms with Crippen LogP contribution in [-0.2, 0) is 5.88 Å². The highest BCUT2D eigenvalue weighted by Crippen LogP contribution is 2.11. The Morgan fingerprint density at radius 2 is 2.36 bits per heavy atom. The van der Waals surface area contributed by atoms with Gasteiger partial charge < -0.3 is 0 Å². The van der Waals surface area contributed by atoms with Gasteiger partial charge in [-0.25, -0.2) is 0 Å². The Morgan fingerprint density at radius 3 is 2.82 bits per heavy atom. The number of hydrogen-bond donors (Lipinski definition) is 0. The maximum Gasteiger partial charge on any atom is 0.150 e. The summed E-state index contributed by atoms with van der Waals surface area (Å²) in [6, 6.07) is 0. The highest BCUT2D eigenvalue weighted by molar-refractivity contribution is 6.17. The number of pyridine rings is 1. The molecule has 0 aromatic carbocycles. The molecule has 0 aliphatic rings. The summed E-state index contributed by atoms with van der Waals surface area (Å²) < 4.78 is 0. The van der Waals surface area contributed by atoms with Gasteiger partial charge >= 0.3 is 0 Å². The van der Waals surface area contributed by atoms with Crippen molar-refractivity contribution in [1.82, 2.24) is 4.98 Å². The van der Waals surface area contributed by atoms with E-state index in [0.717, 1.165) is 17.4 Å². The van der Waals surface area contributed by atoms with E-state index in [1.807, 2.05) is 6.92 Å². The van der Waals surface area contributed by atoms with Crippen LogP contribution in [0.3, 0.4) is 0 Å². The Hall–Kier alpha value is -0.890. The SMILES string of the molecule is Cc1cncc(CCl)c1C=O. The molecule has 3 heteroatoms. The lowest BCUT2D eigenvalue weighted by atomic mass is 10.1. The van der Waals surface area contributed by atoms with Gasteiger partial charge in [-0.1, -0.05) is 0 Å². The zero-order valence-electron chi connectivity index (χ0n) is 6.17. The quantitative estimate of drug-likeness (QED) is 0.500. The van der Waals surface area contributed by atoms with Gasteiger partial charge in [-0.05, 0) is 18.1 Å². The van der Waals surface area contributed by atoms with Crippen molar-refractivity contribution >= 4 is 17.9 Å². The number of alkyl halides is 1. The third-order valence-electron chi connectivity index (χ3n) is 1.53. The molecule has 1 aromatic rings. The number of hydrogen-bond acceptors (Lipinski definition) is 2. The molecule has 0 amide bonds. The third-order valence-corrected chi connectivity index (χ3v) is 1.82. The first kappa shape index (κ1) is 8.21. The number of halogens is 1. The van der Waals surface area contributed by atoms with Crippen LogP contribution in [0.5, 0.6) is 0 Å². The maximum absolute atomic E-state index is 10.5. The molecule has 1 aromatic heterocycles. The van der Waals surface area contributed by atoms with Crippen LogP contribution in [0.1, 0.15) is 21.5 Å². The molecule has 0 saturated carbocycles. The van der Waals surface area contributed by atoms with Crippen LogP contribution in [0.2, 0.25) is 0 Å². The molecule has 0 aliphatic heterocycles. The summed E-state index contributed by atoms with van der Waals surface area (Å²) in [6.45, 7) is 1.84. The summed E-state index contributed by atoms with van der Waals surface area (Å²) in [7, 11) is 0. The minimum absolute atomic E-state index is 0.336. The van der Waals surface area contributed by atoms with Crippen molar-refractivity contribution in [3.05, 3.63) is 29.1 Å². The second-order valence-electron chi connectivity index (χ2n) is 2.28. The number of carbonyl (C=O) groups excluding carboxylic acids is 1. The smallest absolute Gasteiger partial charge is 0.150 e. The van der Waals surface area contributed by atoms with Crippen LogP contribution in [0, 0.1) is 6.92 Å². The average molecular weight is 170 g/mol. The normalized spacial score (nSPS) is 9.64. The van der Waals surface area contributed by atoms with E-state index in [0.29, 0.717) is 11.4 Å². The van der Waals surface area contributed by atoms with Crippen LogP contribution < -0.4 is 0 Å². The van der Waals surface area contributed by atoms with Crippen molar-refractivity contribution in [3.8, 4) is 0 Å². The molecule has 1 heterocycles. The van der Waals surface area contributed by atoms with Gasteiger partial charge in [-0.3, -0.25) is 9.78 Å². The van der Waals surface area contributed by atoms with Gasteiger partial charge in [0, 0.05) is 23.8 Å². The number of nitrogens with zero attached hydrogens (tertiary/aromatic N) is 1. The summed E-state index contributed by atoms with van der Waals surface area (Å²) in [5, 5.41) is 0. The molecule has 11 heavy (non-hydrogen) atoms. The van der Waals surface area contributed by atoms with Gasteiger partial charge in [0.2, 0.25) is 0 Å². The molecule has 0 radical (unpaired) electrons. The average Bonchev–Trinajstić information content (AvgIpc) is 2.04. The van der Waals surface area contributed by atoms with E-state index in [9.17, 15) is 4.79 Å². The van der Waals surface area contributed by atoms with Gasteiger partial charge in [0.25, 0.3) is 0 Å². The molecular weight excluding hydrogens is 162 g/mol. The maximum atomic E-state index is 10.5. The lowest BCUT2D eigenvalue weighted by Crippen LogP contribution is -1.94. The van der Waals surface area contributed by atoms with E-state index in [2.05, 4.69) is 4.98 Å². The fourth-order valence-electron chi connectivity index (χ4n) is 0.907. The van der Waals surface area contributed by atoms with Gasteiger partial charge in [-0.15, -0.1) is 11.6 Å². The zero-order valence-corrected chi connectivity index (χ0v) is 6.93. The molecule has 0 bridgehead atoms. The van der Waals surface area contributed by atoms with Gasteiger partial charge in [0.05, 0.1) is 0 Å². The monoisotopic (exact) mass is 169 g/mol. The molecule has 0 aliphatic carbocycles. The van der Waals surface area contributed by atoms with E-state index in [1.165, 1.54) is 0 Å². The van der Waals surface area contributed by atoms with E-state index < -0.39 is 0 Å². The zero-order chi connectivity index (χ0) is 8.27. The molecule has 0 saturated heterocycles. The van der Waals surface area contributed by atoms with Crippen LogP contribution in [-0.4, -0.2) is 11.3 Å². The standard InChI is InChI=1S/C8H8ClNO/c1-6-3-10-4-7(2-9)8(6)5-11/h3-5H,2H2,1H3. The molecule has 2 nitrogen and oxygen atoms in total. The first-order chi connectivity index (χ1) is 5.29. The first-order valence-electron chi connectivity index (χ1n) is 3.24. The lowest BCUT2D eigenvalue weighted by molar-refractivity contribution is 0.112. The lowest BCUT2D eigenvalue weighted by Gasteiger charge is -2.01. The van der Waals surface area contributed by atoms with E-state index >= 15 is 0 Å². The van der Waals surface area contributed by atoms with Crippen molar-refractivity contribution < 1.29 is 4.79 Å². The van der Waals surface area contributed by atoms with Crippen molar-refractivity contribution in [2.24, 2.45) is 0 Å². The number of rotatable bonds is 2. The molecular formula is C8H8ClNO. The Morgan fingerprint density at radius 1 is 1.64 bits per heavy atom. The highest BCUT2D eigenvalue weighted by atomic mass is 35.5. The predicted molar refractivity (Wildman–Crippen MR) is 43.9 cm³/mol. The Bertz CT molecular complexity index is 273. The topological polar surface area (TPSA) is 30.0 Å². The van der Waals surface area contributed by atoms with Crippen molar-refractivity contribution in [2.75, 3.05) is 0 Å². The highest BCUT2D eigenvalue weighted by Gasteiger charge is 2.02. The van der Waals surface area contributed by atoms with Crippen LogP contribution >= 0.6 is 11.6 Å². The van der Waals surface area contributed by atoms with E-state index in [-0.39, 0.29) is 0 Å². The molecule has 0 spiro atoms. The fraction of sp³-hybridized carbons (Fsp3) is 0.250.